The third kappa shape index (κ3) is 3.49. The zero-order valence-electron chi connectivity index (χ0n) is 12.2. The van der Waals surface area contributed by atoms with Crippen LogP contribution in [-0.2, 0) is 4.79 Å². The Morgan fingerprint density at radius 2 is 1.86 bits per heavy atom. The Hall–Kier alpha value is -2.27. The fourth-order valence-corrected chi connectivity index (χ4v) is 2.22. The predicted octanol–water partition coefficient (Wildman–Crippen LogP) is 3.44. The van der Waals surface area contributed by atoms with E-state index in [0.717, 1.165) is 0 Å². The molecule has 22 heavy (non-hydrogen) atoms. The maximum absolute atomic E-state index is 12.1. The van der Waals surface area contributed by atoms with Gasteiger partial charge in [0.1, 0.15) is 11.8 Å². The minimum Gasteiger partial charge on any atom is -0.480 e. The van der Waals surface area contributed by atoms with Gasteiger partial charge in [0, 0.05) is 5.56 Å². The van der Waals surface area contributed by atoms with Gasteiger partial charge in [-0.3, -0.25) is 4.79 Å². The lowest BCUT2D eigenvalue weighted by Gasteiger charge is -2.16. The van der Waals surface area contributed by atoms with Crippen LogP contribution in [0.1, 0.15) is 24.4 Å². The topological polar surface area (TPSA) is 79.5 Å². The van der Waals surface area contributed by atoms with Crippen molar-refractivity contribution in [3.63, 3.8) is 0 Å². The van der Waals surface area contributed by atoms with Crippen LogP contribution in [0.5, 0.6) is 0 Å². The molecule has 0 saturated carbocycles. The van der Waals surface area contributed by atoms with Gasteiger partial charge in [0.15, 0.2) is 5.76 Å². The summed E-state index contributed by atoms with van der Waals surface area (Å²) in [5, 5.41) is 12.1. The van der Waals surface area contributed by atoms with Gasteiger partial charge in [-0.25, -0.2) is 4.79 Å². The summed E-state index contributed by atoms with van der Waals surface area (Å²) in [5.41, 5.74) is 0.668. The van der Waals surface area contributed by atoms with Crippen molar-refractivity contribution in [2.45, 2.75) is 19.9 Å². The van der Waals surface area contributed by atoms with Gasteiger partial charge in [-0.2, -0.15) is 0 Å². The number of furan rings is 1. The van der Waals surface area contributed by atoms with Crippen molar-refractivity contribution in [3.8, 4) is 11.3 Å². The first-order valence-electron chi connectivity index (χ1n) is 6.78. The first-order valence-corrected chi connectivity index (χ1v) is 7.16. The van der Waals surface area contributed by atoms with Crippen LogP contribution in [-0.4, -0.2) is 23.0 Å². The molecule has 116 valence electrons. The van der Waals surface area contributed by atoms with Gasteiger partial charge in [-0.1, -0.05) is 37.6 Å². The number of halogens is 1. The number of carboxylic acid groups (broad SMARTS) is 1. The van der Waals surface area contributed by atoms with Crippen LogP contribution < -0.4 is 5.32 Å². The number of rotatable bonds is 5. The van der Waals surface area contributed by atoms with Gasteiger partial charge in [0.2, 0.25) is 0 Å². The molecule has 1 atom stereocenters. The monoisotopic (exact) mass is 321 g/mol. The van der Waals surface area contributed by atoms with Crippen LogP contribution in [0, 0.1) is 5.92 Å². The van der Waals surface area contributed by atoms with Gasteiger partial charge in [0.05, 0.1) is 5.02 Å². The Balaban J connectivity index is 2.19. The Bertz CT molecular complexity index is 693. The van der Waals surface area contributed by atoms with E-state index in [0.29, 0.717) is 16.3 Å². The molecule has 1 heterocycles. The summed E-state index contributed by atoms with van der Waals surface area (Å²) in [5.74, 6) is -1.39. The molecule has 2 rings (SSSR count). The Labute approximate surface area is 132 Å². The highest BCUT2D eigenvalue weighted by atomic mass is 35.5. The summed E-state index contributed by atoms with van der Waals surface area (Å²) >= 11 is 6.08. The van der Waals surface area contributed by atoms with E-state index in [1.165, 1.54) is 6.07 Å². The average molecular weight is 322 g/mol. The molecule has 1 amide bonds. The second kappa shape index (κ2) is 6.66. The van der Waals surface area contributed by atoms with Crippen molar-refractivity contribution in [2.24, 2.45) is 5.92 Å². The number of carbonyl (C=O) groups excluding carboxylic acids is 1. The summed E-state index contributed by atoms with van der Waals surface area (Å²) < 4.78 is 5.48. The average Bonchev–Trinajstić information content (AvgIpc) is 2.94. The van der Waals surface area contributed by atoms with Crippen LogP contribution in [0.2, 0.25) is 5.02 Å². The van der Waals surface area contributed by atoms with E-state index in [4.69, 9.17) is 21.1 Å². The van der Waals surface area contributed by atoms with Crippen molar-refractivity contribution >= 4 is 23.5 Å². The molecule has 2 N–H and O–H groups in total. The Morgan fingerprint density at radius 3 is 2.45 bits per heavy atom. The highest BCUT2D eigenvalue weighted by Gasteiger charge is 2.25. The second-order valence-corrected chi connectivity index (χ2v) is 5.58. The zero-order valence-corrected chi connectivity index (χ0v) is 12.9. The standard InChI is InChI=1S/C16H16ClNO4/c1-9(2)14(16(20)21)18-15(19)13-8-7-12(22-13)10-5-3-4-6-11(10)17/h3-9,14H,1-2H3,(H,18,19)(H,20,21)/t14-/m0/s1. The van der Waals surface area contributed by atoms with Gasteiger partial charge in [-0.05, 0) is 30.2 Å². The second-order valence-electron chi connectivity index (χ2n) is 5.18. The maximum Gasteiger partial charge on any atom is 0.326 e. The molecule has 0 aliphatic rings. The number of hydrogen-bond acceptors (Lipinski definition) is 3. The van der Waals surface area contributed by atoms with Crippen molar-refractivity contribution in [1.82, 2.24) is 5.32 Å². The number of nitrogens with one attached hydrogen (secondary N) is 1. The zero-order chi connectivity index (χ0) is 16.3. The summed E-state index contributed by atoms with van der Waals surface area (Å²) in [7, 11) is 0. The number of hydrogen-bond donors (Lipinski definition) is 2. The van der Waals surface area contributed by atoms with E-state index in [-0.39, 0.29) is 11.7 Å². The number of carboxylic acids is 1. The van der Waals surface area contributed by atoms with Gasteiger partial charge in [-0.15, -0.1) is 0 Å². The smallest absolute Gasteiger partial charge is 0.326 e. The van der Waals surface area contributed by atoms with E-state index >= 15 is 0 Å². The van der Waals surface area contributed by atoms with Gasteiger partial charge >= 0.3 is 5.97 Å². The molecule has 0 aliphatic heterocycles. The highest BCUT2D eigenvalue weighted by molar-refractivity contribution is 6.33. The van der Waals surface area contributed by atoms with Crippen LogP contribution in [0.4, 0.5) is 0 Å². The molecule has 6 heteroatoms. The van der Waals surface area contributed by atoms with Crippen LogP contribution >= 0.6 is 11.6 Å². The molecule has 0 bridgehead atoms. The SMILES string of the molecule is CC(C)[C@H](NC(=O)c1ccc(-c2ccccc2Cl)o1)C(=O)O. The van der Waals surface area contributed by atoms with Gasteiger partial charge in [0.25, 0.3) is 5.91 Å². The van der Waals surface area contributed by atoms with Crippen molar-refractivity contribution < 1.29 is 19.1 Å². The lowest BCUT2D eigenvalue weighted by molar-refractivity contribution is -0.140. The summed E-state index contributed by atoms with van der Waals surface area (Å²) in [6.45, 7) is 3.44. The van der Waals surface area contributed by atoms with Crippen molar-refractivity contribution in [2.75, 3.05) is 0 Å². The Morgan fingerprint density at radius 1 is 1.18 bits per heavy atom. The molecule has 0 unspecified atom stereocenters. The van der Waals surface area contributed by atoms with E-state index in [1.54, 1.807) is 38.1 Å². The van der Waals surface area contributed by atoms with E-state index in [2.05, 4.69) is 5.32 Å². The third-order valence-corrected chi connectivity index (χ3v) is 3.52. The largest absolute Gasteiger partial charge is 0.480 e. The fourth-order valence-electron chi connectivity index (χ4n) is 1.99. The minimum atomic E-state index is -1.08. The van der Waals surface area contributed by atoms with Crippen molar-refractivity contribution in [1.29, 1.82) is 0 Å². The number of carbonyl (C=O) groups is 2. The van der Waals surface area contributed by atoms with Crippen LogP contribution in [0.3, 0.4) is 0 Å². The molecule has 0 saturated heterocycles. The highest BCUT2D eigenvalue weighted by Crippen LogP contribution is 2.29. The van der Waals surface area contributed by atoms with Crippen LogP contribution in [0.15, 0.2) is 40.8 Å². The summed E-state index contributed by atoms with van der Waals surface area (Å²) in [6, 6.07) is 9.25. The molecular weight excluding hydrogens is 306 g/mol. The van der Waals surface area contributed by atoms with E-state index < -0.39 is 17.9 Å². The molecule has 5 nitrogen and oxygen atoms in total. The first kappa shape index (κ1) is 16.1. The molecule has 0 radical (unpaired) electrons. The predicted molar refractivity (Wildman–Crippen MR) is 82.9 cm³/mol. The lowest BCUT2D eigenvalue weighted by atomic mass is 10.0. The number of amides is 1. The molecule has 2 aromatic rings. The maximum atomic E-state index is 12.1. The molecule has 1 aromatic heterocycles. The minimum absolute atomic E-state index is 0.0434. The fraction of sp³-hybridized carbons (Fsp3) is 0.250. The van der Waals surface area contributed by atoms with Gasteiger partial charge < -0.3 is 14.8 Å². The Kier molecular flexibility index (Phi) is 4.88. The molecule has 0 fully saturated rings. The van der Waals surface area contributed by atoms with Crippen LogP contribution in [0.25, 0.3) is 11.3 Å². The van der Waals surface area contributed by atoms with E-state index in [1.807, 2.05) is 6.07 Å². The van der Waals surface area contributed by atoms with Crippen molar-refractivity contribution in [3.05, 3.63) is 47.2 Å². The first-order chi connectivity index (χ1) is 10.4. The molecule has 0 aliphatic carbocycles. The van der Waals surface area contributed by atoms with E-state index in [9.17, 15) is 9.59 Å². The molecule has 1 aromatic carbocycles. The lowest BCUT2D eigenvalue weighted by Crippen LogP contribution is -2.44. The normalized spacial score (nSPS) is 12.2. The summed E-state index contributed by atoms with van der Waals surface area (Å²) in [6.07, 6.45) is 0. The summed E-state index contributed by atoms with van der Waals surface area (Å²) in [4.78, 5) is 23.2. The quantitative estimate of drug-likeness (QED) is 0.884. The third-order valence-electron chi connectivity index (χ3n) is 3.19. The molecule has 0 spiro atoms. The number of benzene rings is 1. The molecular formula is C16H16ClNO4. The number of aliphatic carboxylic acids is 1.